The van der Waals surface area contributed by atoms with E-state index in [4.69, 9.17) is 0 Å². The molecule has 0 aliphatic carbocycles. The lowest BCUT2D eigenvalue weighted by atomic mass is 9.82. The molecule has 0 aliphatic heterocycles. The van der Waals surface area contributed by atoms with Gasteiger partial charge in [-0.15, -0.1) is 0 Å². The van der Waals surface area contributed by atoms with Crippen LogP contribution in [0.2, 0.25) is 0 Å². The molecule has 0 bridgehead atoms. The van der Waals surface area contributed by atoms with Crippen LogP contribution in [0.5, 0.6) is 0 Å². The number of rotatable bonds is 4. The standard InChI is InChI=1S/C20H15FO/c21-20(17-12-6-2-7-13-17,18-14-8-3-9-15-18)19(22)16-10-4-1-5-11-16/h1-15H. The fraction of sp³-hybridized carbons (Fsp3) is 0.0500. The lowest BCUT2D eigenvalue weighted by Gasteiger charge is -2.25. The molecule has 0 unspecified atom stereocenters. The largest absolute Gasteiger partial charge is 0.290 e. The quantitative estimate of drug-likeness (QED) is 0.632. The van der Waals surface area contributed by atoms with Gasteiger partial charge in [0.15, 0.2) is 0 Å². The maximum absolute atomic E-state index is 16.0. The van der Waals surface area contributed by atoms with Crippen molar-refractivity contribution in [3.63, 3.8) is 0 Å². The summed E-state index contributed by atoms with van der Waals surface area (Å²) in [5.41, 5.74) is -1.15. The molecule has 3 aromatic carbocycles. The number of benzene rings is 3. The first-order chi connectivity index (χ1) is 10.7. The summed E-state index contributed by atoms with van der Waals surface area (Å²) < 4.78 is 16.0. The van der Waals surface area contributed by atoms with Crippen molar-refractivity contribution in [3.8, 4) is 0 Å². The Hall–Kier alpha value is -2.74. The van der Waals surface area contributed by atoms with Crippen molar-refractivity contribution >= 4 is 5.78 Å². The zero-order valence-corrected chi connectivity index (χ0v) is 11.9. The van der Waals surface area contributed by atoms with E-state index < -0.39 is 11.5 Å². The topological polar surface area (TPSA) is 17.1 Å². The molecule has 3 rings (SSSR count). The summed E-state index contributed by atoms with van der Waals surface area (Å²) in [5.74, 6) is -0.550. The van der Waals surface area contributed by atoms with Crippen molar-refractivity contribution in [1.82, 2.24) is 0 Å². The minimum Gasteiger partial charge on any atom is -0.290 e. The summed E-state index contributed by atoms with van der Waals surface area (Å²) in [6.07, 6.45) is 0. The van der Waals surface area contributed by atoms with E-state index in [9.17, 15) is 4.79 Å². The van der Waals surface area contributed by atoms with E-state index in [-0.39, 0.29) is 0 Å². The van der Waals surface area contributed by atoms with Gasteiger partial charge in [0, 0.05) is 16.7 Å². The van der Waals surface area contributed by atoms with Crippen molar-refractivity contribution < 1.29 is 9.18 Å². The fourth-order valence-corrected chi connectivity index (χ4v) is 2.55. The molecule has 0 atom stereocenters. The Balaban J connectivity index is 2.18. The predicted molar refractivity (Wildman–Crippen MR) is 85.5 cm³/mol. The van der Waals surface area contributed by atoms with E-state index >= 15 is 4.39 Å². The molecule has 0 fully saturated rings. The summed E-state index contributed by atoms with van der Waals surface area (Å²) in [4.78, 5) is 12.9. The first-order valence-electron chi connectivity index (χ1n) is 7.13. The van der Waals surface area contributed by atoms with Gasteiger partial charge >= 0.3 is 0 Å². The normalized spacial score (nSPS) is 11.1. The van der Waals surface area contributed by atoms with Gasteiger partial charge in [-0.05, 0) is 0 Å². The highest BCUT2D eigenvalue weighted by Crippen LogP contribution is 2.37. The molecule has 0 aliphatic rings. The predicted octanol–water partition coefficient (Wildman–Crippen LogP) is 4.78. The van der Waals surface area contributed by atoms with Gasteiger partial charge < -0.3 is 0 Å². The van der Waals surface area contributed by atoms with Crippen molar-refractivity contribution in [1.29, 1.82) is 0 Å². The van der Waals surface area contributed by atoms with Gasteiger partial charge in [-0.25, -0.2) is 4.39 Å². The van der Waals surface area contributed by atoms with Crippen LogP contribution in [0.25, 0.3) is 0 Å². The number of halogens is 1. The highest BCUT2D eigenvalue weighted by atomic mass is 19.1. The van der Waals surface area contributed by atoms with Crippen LogP contribution < -0.4 is 0 Å². The van der Waals surface area contributed by atoms with Crippen LogP contribution in [0.1, 0.15) is 21.5 Å². The summed E-state index contributed by atoms with van der Waals surface area (Å²) in [7, 11) is 0. The maximum atomic E-state index is 16.0. The second kappa shape index (κ2) is 5.94. The lowest BCUT2D eigenvalue weighted by Crippen LogP contribution is -2.32. The molecule has 22 heavy (non-hydrogen) atoms. The molecule has 2 heteroatoms. The Kier molecular flexibility index (Phi) is 3.84. The summed E-state index contributed by atoms with van der Waals surface area (Å²) >= 11 is 0. The van der Waals surface area contributed by atoms with E-state index in [0.717, 1.165) is 0 Å². The Morgan fingerprint density at radius 1 is 0.636 bits per heavy atom. The average molecular weight is 290 g/mol. The molecule has 0 amide bonds. The Morgan fingerprint density at radius 3 is 1.41 bits per heavy atom. The number of carbonyl (C=O) groups is 1. The molecule has 0 N–H and O–H groups in total. The lowest BCUT2D eigenvalue weighted by molar-refractivity contribution is 0.0762. The summed E-state index contributed by atoms with van der Waals surface area (Å²) in [6.45, 7) is 0. The third-order valence-corrected chi connectivity index (χ3v) is 3.69. The van der Waals surface area contributed by atoms with Crippen LogP contribution >= 0.6 is 0 Å². The van der Waals surface area contributed by atoms with Gasteiger partial charge in [-0.3, -0.25) is 4.79 Å². The van der Waals surface area contributed by atoms with Crippen LogP contribution in [-0.4, -0.2) is 5.78 Å². The molecule has 0 aromatic heterocycles. The first kappa shape index (κ1) is 14.2. The SMILES string of the molecule is O=C(c1ccccc1)C(F)(c1ccccc1)c1ccccc1. The van der Waals surface area contributed by atoms with Gasteiger partial charge in [0.05, 0.1) is 0 Å². The summed E-state index contributed by atoms with van der Waals surface area (Å²) in [6, 6.07) is 25.7. The van der Waals surface area contributed by atoms with Gasteiger partial charge in [-0.2, -0.15) is 0 Å². The van der Waals surface area contributed by atoms with Crippen molar-refractivity contribution in [2.45, 2.75) is 5.67 Å². The van der Waals surface area contributed by atoms with Crippen LogP contribution in [0, 0.1) is 0 Å². The van der Waals surface area contributed by atoms with Crippen molar-refractivity contribution in [3.05, 3.63) is 108 Å². The zero-order valence-electron chi connectivity index (χ0n) is 11.9. The number of alkyl halides is 1. The number of Topliss-reactive ketones (excluding diaryl/α,β-unsaturated/α-hetero) is 1. The second-order valence-electron chi connectivity index (χ2n) is 5.09. The molecular formula is C20H15FO. The molecular weight excluding hydrogens is 275 g/mol. The Morgan fingerprint density at radius 2 is 1.00 bits per heavy atom. The monoisotopic (exact) mass is 290 g/mol. The van der Waals surface area contributed by atoms with Crippen LogP contribution in [0.4, 0.5) is 4.39 Å². The zero-order chi connectivity index (χ0) is 15.4. The first-order valence-corrected chi connectivity index (χ1v) is 7.13. The van der Waals surface area contributed by atoms with E-state index in [1.165, 1.54) is 0 Å². The van der Waals surface area contributed by atoms with Gasteiger partial charge in [0.25, 0.3) is 0 Å². The van der Waals surface area contributed by atoms with Crippen LogP contribution in [0.3, 0.4) is 0 Å². The molecule has 0 saturated carbocycles. The van der Waals surface area contributed by atoms with E-state index in [1.54, 1.807) is 72.8 Å². The number of hydrogen-bond donors (Lipinski definition) is 0. The second-order valence-corrected chi connectivity index (χ2v) is 5.09. The van der Waals surface area contributed by atoms with Crippen molar-refractivity contribution in [2.75, 3.05) is 0 Å². The van der Waals surface area contributed by atoms with Crippen LogP contribution in [0.15, 0.2) is 91.0 Å². The van der Waals surface area contributed by atoms with E-state index in [1.807, 2.05) is 18.2 Å². The molecule has 108 valence electrons. The Labute approximate surface area is 129 Å². The molecule has 0 saturated heterocycles. The highest BCUT2D eigenvalue weighted by molar-refractivity contribution is 6.05. The number of ketones is 1. The van der Waals surface area contributed by atoms with Crippen molar-refractivity contribution in [2.24, 2.45) is 0 Å². The van der Waals surface area contributed by atoms with Crippen LogP contribution in [-0.2, 0) is 5.67 Å². The number of carbonyl (C=O) groups excluding carboxylic acids is 1. The maximum Gasteiger partial charge on any atom is 0.223 e. The molecule has 1 nitrogen and oxygen atoms in total. The number of hydrogen-bond acceptors (Lipinski definition) is 1. The minimum absolute atomic E-state index is 0.343. The average Bonchev–Trinajstić information content (AvgIpc) is 2.62. The van der Waals surface area contributed by atoms with Gasteiger partial charge in [0.2, 0.25) is 11.5 Å². The third kappa shape index (κ3) is 2.44. The third-order valence-electron chi connectivity index (χ3n) is 3.69. The van der Waals surface area contributed by atoms with Gasteiger partial charge in [0.1, 0.15) is 0 Å². The molecule has 0 radical (unpaired) electrons. The minimum atomic E-state index is -2.19. The van der Waals surface area contributed by atoms with E-state index in [2.05, 4.69) is 0 Å². The smallest absolute Gasteiger partial charge is 0.223 e. The van der Waals surface area contributed by atoms with E-state index in [0.29, 0.717) is 16.7 Å². The molecule has 0 heterocycles. The summed E-state index contributed by atoms with van der Waals surface area (Å²) in [5, 5.41) is 0. The highest BCUT2D eigenvalue weighted by Gasteiger charge is 2.42. The van der Waals surface area contributed by atoms with Gasteiger partial charge in [-0.1, -0.05) is 91.0 Å². The Bertz CT molecular complexity index is 712. The molecule has 0 spiro atoms. The molecule has 3 aromatic rings. The fourth-order valence-electron chi connectivity index (χ4n) is 2.55.